The normalized spacial score (nSPS) is 16.2. The largest absolute Gasteiger partial charge is 0.396 e. The summed E-state index contributed by atoms with van der Waals surface area (Å²) in [5, 5.41) is 20.1. The van der Waals surface area contributed by atoms with Crippen LogP contribution in [0, 0.1) is 23.0 Å². The molecule has 0 unspecified atom stereocenters. The molecular formula is C14H18N2O4. The summed E-state index contributed by atoms with van der Waals surface area (Å²) in [5.41, 5.74) is 0.825. The molecule has 108 valence electrons. The number of nitro groups is 1. The molecule has 1 aliphatic rings. The zero-order chi connectivity index (χ0) is 14.7. The van der Waals surface area contributed by atoms with Gasteiger partial charge < -0.3 is 10.0 Å². The number of aliphatic hydroxyl groups is 1. The van der Waals surface area contributed by atoms with E-state index in [1.165, 1.54) is 6.07 Å². The first-order chi connectivity index (χ1) is 9.52. The molecule has 0 aliphatic carbocycles. The molecular weight excluding hydrogens is 260 g/mol. The van der Waals surface area contributed by atoms with Gasteiger partial charge in [-0.15, -0.1) is 0 Å². The summed E-state index contributed by atoms with van der Waals surface area (Å²) in [6.45, 7) is 3.01. The number of carbonyl (C=O) groups is 1. The first-order valence-corrected chi connectivity index (χ1v) is 6.68. The fourth-order valence-corrected chi connectivity index (χ4v) is 2.47. The number of benzene rings is 1. The van der Waals surface area contributed by atoms with Crippen LogP contribution in [0.5, 0.6) is 0 Å². The van der Waals surface area contributed by atoms with Crippen molar-refractivity contribution in [3.8, 4) is 0 Å². The Bertz CT molecular complexity index is 522. The number of hydrogen-bond donors (Lipinski definition) is 1. The highest BCUT2D eigenvalue weighted by molar-refractivity contribution is 5.98. The van der Waals surface area contributed by atoms with Gasteiger partial charge in [-0.25, -0.2) is 0 Å². The second-order valence-electron chi connectivity index (χ2n) is 5.20. The molecule has 0 bridgehead atoms. The Morgan fingerprint density at radius 1 is 1.45 bits per heavy atom. The van der Waals surface area contributed by atoms with Gasteiger partial charge in [-0.3, -0.25) is 14.9 Å². The Kier molecular flexibility index (Phi) is 4.34. The van der Waals surface area contributed by atoms with Crippen LogP contribution in [0.25, 0.3) is 0 Å². The Balaban J connectivity index is 2.21. The molecule has 0 radical (unpaired) electrons. The number of aliphatic hydroxyl groups excluding tert-OH is 1. The van der Waals surface area contributed by atoms with Crippen LogP contribution in [-0.4, -0.2) is 40.5 Å². The molecule has 1 amide bonds. The van der Waals surface area contributed by atoms with Gasteiger partial charge in [-0.2, -0.15) is 0 Å². The van der Waals surface area contributed by atoms with E-state index in [1.54, 1.807) is 24.0 Å². The molecule has 1 saturated heterocycles. The average Bonchev–Trinajstić information content (AvgIpc) is 2.46. The minimum Gasteiger partial charge on any atom is -0.396 e. The molecule has 2 rings (SSSR count). The third-order valence-corrected chi connectivity index (χ3v) is 3.74. The van der Waals surface area contributed by atoms with Crippen molar-refractivity contribution in [1.29, 1.82) is 0 Å². The lowest BCUT2D eigenvalue weighted by Crippen LogP contribution is -2.39. The summed E-state index contributed by atoms with van der Waals surface area (Å²) in [6, 6.07) is 4.58. The maximum atomic E-state index is 12.4. The van der Waals surface area contributed by atoms with E-state index in [0.29, 0.717) is 13.1 Å². The maximum Gasteiger partial charge on any atom is 0.282 e. The topological polar surface area (TPSA) is 83.7 Å². The molecule has 20 heavy (non-hydrogen) atoms. The number of hydrogen-bond acceptors (Lipinski definition) is 4. The quantitative estimate of drug-likeness (QED) is 0.674. The Morgan fingerprint density at radius 2 is 2.10 bits per heavy atom. The second kappa shape index (κ2) is 6.00. The number of likely N-dealkylation sites (tertiary alicyclic amines) is 1. The summed E-state index contributed by atoms with van der Waals surface area (Å²) in [7, 11) is 0. The molecule has 0 spiro atoms. The van der Waals surface area contributed by atoms with Crippen LogP contribution in [0.4, 0.5) is 5.69 Å². The molecule has 1 aromatic carbocycles. The maximum absolute atomic E-state index is 12.4. The molecule has 1 heterocycles. The van der Waals surface area contributed by atoms with E-state index < -0.39 is 4.92 Å². The van der Waals surface area contributed by atoms with Gasteiger partial charge in [-0.05, 0) is 37.3 Å². The Labute approximate surface area is 117 Å². The number of amides is 1. The number of aryl methyl sites for hydroxylation is 1. The Morgan fingerprint density at radius 3 is 2.65 bits per heavy atom. The van der Waals surface area contributed by atoms with Crippen LogP contribution in [-0.2, 0) is 0 Å². The molecule has 1 N–H and O–H groups in total. The number of carbonyl (C=O) groups excluding carboxylic acids is 1. The van der Waals surface area contributed by atoms with E-state index in [1.807, 2.05) is 0 Å². The van der Waals surface area contributed by atoms with E-state index in [0.717, 1.165) is 18.4 Å². The third kappa shape index (κ3) is 2.96. The SMILES string of the molecule is Cc1ccc([N+](=O)[O-])c(C(=O)N2CCC(CO)CC2)c1. The number of nitro benzene ring substituents is 1. The predicted molar refractivity (Wildman–Crippen MR) is 73.5 cm³/mol. The van der Waals surface area contributed by atoms with Gasteiger partial charge in [0.15, 0.2) is 0 Å². The average molecular weight is 278 g/mol. The summed E-state index contributed by atoms with van der Waals surface area (Å²) in [6.07, 6.45) is 1.48. The van der Waals surface area contributed by atoms with E-state index in [4.69, 9.17) is 5.11 Å². The summed E-state index contributed by atoms with van der Waals surface area (Å²) in [5.74, 6) is -0.0664. The zero-order valence-corrected chi connectivity index (χ0v) is 11.4. The molecule has 0 saturated carbocycles. The molecule has 1 fully saturated rings. The fraction of sp³-hybridized carbons (Fsp3) is 0.500. The van der Waals surface area contributed by atoms with E-state index in [2.05, 4.69) is 0 Å². The highest BCUT2D eigenvalue weighted by Gasteiger charge is 2.27. The van der Waals surface area contributed by atoms with E-state index in [-0.39, 0.29) is 29.7 Å². The fourth-order valence-electron chi connectivity index (χ4n) is 2.47. The molecule has 0 atom stereocenters. The lowest BCUT2D eigenvalue weighted by atomic mass is 9.97. The zero-order valence-electron chi connectivity index (χ0n) is 11.4. The van der Waals surface area contributed by atoms with Crippen LogP contribution in [0.1, 0.15) is 28.8 Å². The smallest absolute Gasteiger partial charge is 0.282 e. The molecule has 1 aliphatic heterocycles. The minimum atomic E-state index is -0.521. The lowest BCUT2D eigenvalue weighted by molar-refractivity contribution is -0.385. The van der Waals surface area contributed by atoms with Crippen molar-refractivity contribution in [1.82, 2.24) is 4.90 Å². The van der Waals surface area contributed by atoms with Crippen LogP contribution >= 0.6 is 0 Å². The van der Waals surface area contributed by atoms with Gasteiger partial charge in [0.25, 0.3) is 11.6 Å². The number of piperidine rings is 1. The standard InChI is InChI=1S/C14H18N2O4/c1-10-2-3-13(16(19)20)12(8-10)14(18)15-6-4-11(9-17)5-7-15/h2-3,8,11,17H,4-7,9H2,1H3. The second-order valence-corrected chi connectivity index (χ2v) is 5.20. The summed E-state index contributed by atoms with van der Waals surface area (Å²) < 4.78 is 0. The van der Waals surface area contributed by atoms with Gasteiger partial charge in [-0.1, -0.05) is 6.07 Å². The monoisotopic (exact) mass is 278 g/mol. The van der Waals surface area contributed by atoms with Crippen LogP contribution in [0.3, 0.4) is 0 Å². The highest BCUT2D eigenvalue weighted by Crippen LogP contribution is 2.24. The van der Waals surface area contributed by atoms with Crippen molar-refractivity contribution < 1.29 is 14.8 Å². The van der Waals surface area contributed by atoms with Crippen molar-refractivity contribution in [3.63, 3.8) is 0 Å². The van der Waals surface area contributed by atoms with Gasteiger partial charge in [0.2, 0.25) is 0 Å². The summed E-state index contributed by atoms with van der Waals surface area (Å²) >= 11 is 0. The van der Waals surface area contributed by atoms with E-state index >= 15 is 0 Å². The van der Waals surface area contributed by atoms with Crippen LogP contribution < -0.4 is 0 Å². The van der Waals surface area contributed by atoms with Crippen molar-refractivity contribution in [2.45, 2.75) is 19.8 Å². The third-order valence-electron chi connectivity index (χ3n) is 3.74. The lowest BCUT2D eigenvalue weighted by Gasteiger charge is -2.31. The van der Waals surface area contributed by atoms with Gasteiger partial charge >= 0.3 is 0 Å². The molecule has 6 heteroatoms. The van der Waals surface area contributed by atoms with Crippen LogP contribution in [0.15, 0.2) is 18.2 Å². The summed E-state index contributed by atoms with van der Waals surface area (Å²) in [4.78, 5) is 24.6. The first kappa shape index (κ1) is 14.5. The van der Waals surface area contributed by atoms with Crippen LogP contribution in [0.2, 0.25) is 0 Å². The van der Waals surface area contributed by atoms with Crippen molar-refractivity contribution in [3.05, 3.63) is 39.4 Å². The molecule has 0 aromatic heterocycles. The van der Waals surface area contributed by atoms with Crippen molar-refractivity contribution >= 4 is 11.6 Å². The number of nitrogens with zero attached hydrogens (tertiary/aromatic N) is 2. The van der Waals surface area contributed by atoms with Gasteiger partial charge in [0, 0.05) is 25.8 Å². The predicted octanol–water partition coefficient (Wildman–Crippen LogP) is 1.75. The molecule has 1 aromatic rings. The number of rotatable bonds is 3. The minimum absolute atomic E-state index is 0.132. The van der Waals surface area contributed by atoms with Crippen molar-refractivity contribution in [2.24, 2.45) is 5.92 Å². The van der Waals surface area contributed by atoms with Crippen molar-refractivity contribution in [2.75, 3.05) is 19.7 Å². The van der Waals surface area contributed by atoms with Gasteiger partial charge in [0.1, 0.15) is 5.56 Å². The Hall–Kier alpha value is -1.95. The highest BCUT2D eigenvalue weighted by atomic mass is 16.6. The first-order valence-electron chi connectivity index (χ1n) is 6.68. The molecule has 6 nitrogen and oxygen atoms in total. The van der Waals surface area contributed by atoms with Gasteiger partial charge in [0.05, 0.1) is 4.92 Å². The van der Waals surface area contributed by atoms with E-state index in [9.17, 15) is 14.9 Å².